The van der Waals surface area contributed by atoms with Gasteiger partial charge in [-0.05, 0) is 20.3 Å². The third kappa shape index (κ3) is 2.58. The van der Waals surface area contributed by atoms with Gasteiger partial charge in [0.15, 0.2) is 5.17 Å². The highest BCUT2D eigenvalue weighted by molar-refractivity contribution is 8.14. The molecule has 4 nitrogen and oxygen atoms in total. The van der Waals surface area contributed by atoms with Crippen LogP contribution in [0.4, 0.5) is 0 Å². The molecule has 0 radical (unpaired) electrons. The summed E-state index contributed by atoms with van der Waals surface area (Å²) >= 11 is 1.81. The molecule has 0 saturated carbocycles. The van der Waals surface area contributed by atoms with E-state index in [0.717, 1.165) is 35.5 Å². The second kappa shape index (κ2) is 4.91. The molecule has 0 amide bonds. The Balaban J connectivity index is 1.84. The Morgan fingerprint density at radius 2 is 2.31 bits per heavy atom. The first-order valence-electron chi connectivity index (χ1n) is 5.57. The van der Waals surface area contributed by atoms with E-state index in [1.807, 2.05) is 25.6 Å². The number of aliphatic imine (C=N–C) groups is 1. The van der Waals surface area contributed by atoms with Crippen molar-refractivity contribution in [3.63, 3.8) is 0 Å². The van der Waals surface area contributed by atoms with E-state index < -0.39 is 0 Å². The van der Waals surface area contributed by atoms with E-state index in [1.165, 1.54) is 0 Å². The second-order valence-corrected chi connectivity index (χ2v) is 5.19. The summed E-state index contributed by atoms with van der Waals surface area (Å²) in [7, 11) is 0. The van der Waals surface area contributed by atoms with Crippen LogP contribution in [0.1, 0.15) is 30.7 Å². The molecule has 1 aliphatic heterocycles. The summed E-state index contributed by atoms with van der Waals surface area (Å²) < 4.78 is 5.49. The lowest BCUT2D eigenvalue weighted by Crippen LogP contribution is -2.19. The molecule has 1 aromatic rings. The van der Waals surface area contributed by atoms with E-state index in [-0.39, 0.29) is 0 Å². The van der Waals surface area contributed by atoms with Gasteiger partial charge < -0.3 is 9.73 Å². The highest BCUT2D eigenvalue weighted by Gasteiger charge is 2.17. The predicted octanol–water partition coefficient (Wildman–Crippen LogP) is 2.26. The minimum Gasteiger partial charge on any atom is -0.444 e. The summed E-state index contributed by atoms with van der Waals surface area (Å²) in [6.45, 7) is 7.62. The average molecular weight is 239 g/mol. The van der Waals surface area contributed by atoms with E-state index >= 15 is 0 Å². The Labute approximate surface area is 99.9 Å². The van der Waals surface area contributed by atoms with Crippen molar-refractivity contribution in [3.8, 4) is 0 Å². The molecule has 1 atom stereocenters. The smallest absolute Gasteiger partial charge is 0.213 e. The summed E-state index contributed by atoms with van der Waals surface area (Å²) in [4.78, 5) is 8.75. The number of hydrogen-bond donors (Lipinski definition) is 1. The molecule has 0 aromatic carbocycles. The Kier molecular flexibility index (Phi) is 3.53. The SMILES string of the molecule is CCC1CN=C(NCc2nc(C)c(C)o2)S1. The maximum absolute atomic E-state index is 5.49. The van der Waals surface area contributed by atoms with E-state index in [2.05, 4.69) is 22.2 Å². The number of amidine groups is 1. The first-order chi connectivity index (χ1) is 7.69. The van der Waals surface area contributed by atoms with Crippen molar-refractivity contribution in [2.45, 2.75) is 39.0 Å². The first-order valence-corrected chi connectivity index (χ1v) is 6.45. The number of aromatic nitrogens is 1. The quantitative estimate of drug-likeness (QED) is 0.879. The second-order valence-electron chi connectivity index (χ2n) is 3.90. The van der Waals surface area contributed by atoms with Crippen LogP contribution in [0.5, 0.6) is 0 Å². The van der Waals surface area contributed by atoms with E-state index in [1.54, 1.807) is 0 Å². The molecule has 0 spiro atoms. The molecule has 1 aliphatic rings. The molecule has 1 unspecified atom stereocenters. The largest absolute Gasteiger partial charge is 0.444 e. The van der Waals surface area contributed by atoms with Crippen LogP contribution in [-0.2, 0) is 6.54 Å². The van der Waals surface area contributed by atoms with E-state index in [0.29, 0.717) is 11.8 Å². The third-order valence-electron chi connectivity index (χ3n) is 2.64. The lowest BCUT2D eigenvalue weighted by atomic mass is 10.3. The summed E-state index contributed by atoms with van der Waals surface area (Å²) in [6, 6.07) is 0. The van der Waals surface area contributed by atoms with Gasteiger partial charge in [-0.1, -0.05) is 18.7 Å². The van der Waals surface area contributed by atoms with Crippen LogP contribution in [0.3, 0.4) is 0 Å². The average Bonchev–Trinajstić information content (AvgIpc) is 2.84. The van der Waals surface area contributed by atoms with Gasteiger partial charge in [0, 0.05) is 5.25 Å². The van der Waals surface area contributed by atoms with E-state index in [4.69, 9.17) is 4.42 Å². The van der Waals surface area contributed by atoms with Gasteiger partial charge in [-0.3, -0.25) is 4.99 Å². The van der Waals surface area contributed by atoms with Crippen molar-refractivity contribution in [1.29, 1.82) is 0 Å². The van der Waals surface area contributed by atoms with Gasteiger partial charge in [-0.2, -0.15) is 0 Å². The fraction of sp³-hybridized carbons (Fsp3) is 0.636. The van der Waals surface area contributed by atoms with Crippen LogP contribution in [0.15, 0.2) is 9.41 Å². The molecule has 2 rings (SSSR count). The van der Waals surface area contributed by atoms with Gasteiger partial charge >= 0.3 is 0 Å². The highest BCUT2D eigenvalue weighted by atomic mass is 32.2. The van der Waals surface area contributed by atoms with Crippen molar-refractivity contribution in [2.24, 2.45) is 4.99 Å². The Morgan fingerprint density at radius 1 is 1.50 bits per heavy atom. The van der Waals surface area contributed by atoms with E-state index in [9.17, 15) is 0 Å². The maximum Gasteiger partial charge on any atom is 0.213 e. The zero-order valence-corrected chi connectivity index (χ0v) is 10.7. The number of rotatable bonds is 3. The topological polar surface area (TPSA) is 50.4 Å². The van der Waals surface area contributed by atoms with Gasteiger partial charge in [-0.25, -0.2) is 4.98 Å². The number of oxazole rings is 1. The van der Waals surface area contributed by atoms with Crippen LogP contribution < -0.4 is 5.32 Å². The van der Waals surface area contributed by atoms with Crippen LogP contribution in [-0.4, -0.2) is 21.9 Å². The van der Waals surface area contributed by atoms with Gasteiger partial charge in [0.2, 0.25) is 5.89 Å². The molecule has 1 aromatic heterocycles. The molecule has 0 bridgehead atoms. The van der Waals surface area contributed by atoms with Gasteiger partial charge in [0.1, 0.15) is 5.76 Å². The zero-order chi connectivity index (χ0) is 11.5. The molecule has 0 fully saturated rings. The van der Waals surface area contributed by atoms with Crippen molar-refractivity contribution in [1.82, 2.24) is 10.3 Å². The molecule has 0 saturated heterocycles. The predicted molar refractivity (Wildman–Crippen MR) is 66.8 cm³/mol. The lowest BCUT2D eigenvalue weighted by Gasteiger charge is -2.04. The summed E-state index contributed by atoms with van der Waals surface area (Å²) in [5.74, 6) is 1.63. The molecule has 0 aliphatic carbocycles. The Bertz CT molecular complexity index is 380. The number of nitrogens with zero attached hydrogens (tertiary/aromatic N) is 2. The molecule has 5 heteroatoms. The Hall–Kier alpha value is -0.970. The fourth-order valence-corrected chi connectivity index (χ4v) is 2.43. The fourth-order valence-electron chi connectivity index (χ4n) is 1.49. The summed E-state index contributed by atoms with van der Waals surface area (Å²) in [5.41, 5.74) is 0.962. The molecule has 88 valence electrons. The number of hydrogen-bond acceptors (Lipinski definition) is 5. The first kappa shape index (κ1) is 11.5. The molecule has 2 heterocycles. The van der Waals surface area contributed by atoms with Gasteiger partial charge in [-0.15, -0.1) is 0 Å². The minimum absolute atomic E-state index is 0.622. The van der Waals surface area contributed by atoms with Crippen LogP contribution in [0.25, 0.3) is 0 Å². The van der Waals surface area contributed by atoms with Gasteiger partial charge in [0.05, 0.1) is 18.8 Å². The molecular formula is C11H17N3OS. The number of thioether (sulfide) groups is 1. The minimum atomic E-state index is 0.622. The van der Waals surface area contributed by atoms with Crippen LogP contribution >= 0.6 is 11.8 Å². The summed E-state index contributed by atoms with van der Waals surface area (Å²) in [5, 5.41) is 4.91. The third-order valence-corrected chi connectivity index (χ3v) is 3.95. The lowest BCUT2D eigenvalue weighted by molar-refractivity contribution is 0.465. The normalized spacial score (nSPS) is 19.9. The highest BCUT2D eigenvalue weighted by Crippen LogP contribution is 2.22. The number of aryl methyl sites for hydroxylation is 2. The molecule has 16 heavy (non-hydrogen) atoms. The standard InChI is InChI=1S/C11H17N3OS/c1-4-9-5-12-11(16-9)13-6-10-14-7(2)8(3)15-10/h9H,4-6H2,1-3H3,(H,12,13). The Morgan fingerprint density at radius 3 is 2.88 bits per heavy atom. The zero-order valence-electron chi connectivity index (χ0n) is 9.91. The molecular weight excluding hydrogens is 222 g/mol. The number of nitrogens with one attached hydrogen (secondary N) is 1. The maximum atomic E-state index is 5.49. The van der Waals surface area contributed by atoms with Crippen LogP contribution in [0.2, 0.25) is 0 Å². The van der Waals surface area contributed by atoms with Crippen molar-refractivity contribution >= 4 is 16.9 Å². The monoisotopic (exact) mass is 239 g/mol. The van der Waals surface area contributed by atoms with Crippen molar-refractivity contribution < 1.29 is 4.42 Å². The molecule has 1 N–H and O–H groups in total. The van der Waals surface area contributed by atoms with Crippen LogP contribution in [0, 0.1) is 13.8 Å². The van der Waals surface area contributed by atoms with Crippen molar-refractivity contribution in [2.75, 3.05) is 6.54 Å². The van der Waals surface area contributed by atoms with Crippen molar-refractivity contribution in [3.05, 3.63) is 17.3 Å². The van der Waals surface area contributed by atoms with Gasteiger partial charge in [0.25, 0.3) is 0 Å². The summed E-state index contributed by atoms with van der Waals surface area (Å²) in [6.07, 6.45) is 1.16.